The Labute approximate surface area is 217 Å². The van der Waals surface area contributed by atoms with Gasteiger partial charge in [-0.15, -0.1) is 0 Å². The van der Waals surface area contributed by atoms with Crippen LogP contribution in [0.2, 0.25) is 0 Å². The number of hydrogen-bond donors (Lipinski definition) is 3. The summed E-state index contributed by atoms with van der Waals surface area (Å²) in [5.74, 6) is 0.540. The molecule has 8 heteroatoms. The maximum absolute atomic E-state index is 11.5. The fourth-order valence-electron chi connectivity index (χ4n) is 2.39. The van der Waals surface area contributed by atoms with Crippen molar-refractivity contribution < 1.29 is 23.9 Å². The first-order chi connectivity index (χ1) is 15.5. The summed E-state index contributed by atoms with van der Waals surface area (Å²) in [4.78, 5) is 34.0. The third-order valence-corrected chi connectivity index (χ3v) is 4.55. The van der Waals surface area contributed by atoms with Crippen molar-refractivity contribution in [3.63, 3.8) is 0 Å². The third kappa shape index (κ3) is 32.6. The highest BCUT2D eigenvalue weighted by Gasteiger charge is 2.09. The number of carbonyl (C=O) groups is 3. The Kier molecular flexibility index (Phi) is 31.8. The van der Waals surface area contributed by atoms with E-state index in [0.717, 1.165) is 13.1 Å². The largest absolute Gasteiger partial charge is 0.378 e. The molecule has 0 unspecified atom stereocenters. The molecule has 0 aromatic rings. The lowest BCUT2D eigenvalue weighted by molar-refractivity contribution is -0.126. The summed E-state index contributed by atoms with van der Waals surface area (Å²) >= 11 is 0. The molecule has 0 radical (unpaired) electrons. The fourth-order valence-corrected chi connectivity index (χ4v) is 2.39. The molecule has 0 aliphatic rings. The van der Waals surface area contributed by atoms with Gasteiger partial charge in [0.15, 0.2) is 0 Å². The highest BCUT2D eigenvalue weighted by Crippen LogP contribution is 2.01. The number of hydrogen-bond acceptors (Lipinski definition) is 7. The quantitative estimate of drug-likeness (QED) is 0.228. The van der Waals surface area contributed by atoms with Crippen LogP contribution in [-0.2, 0) is 23.9 Å². The Hall–Kier alpha value is -1.35. The van der Waals surface area contributed by atoms with Gasteiger partial charge in [-0.05, 0) is 0 Å². The van der Waals surface area contributed by atoms with E-state index in [-0.39, 0.29) is 44.8 Å². The first-order valence-corrected chi connectivity index (χ1v) is 12.4. The maximum Gasteiger partial charge on any atom is 0.220 e. The van der Waals surface area contributed by atoms with Crippen LogP contribution in [0.25, 0.3) is 0 Å². The van der Waals surface area contributed by atoms with Gasteiger partial charge in [0.1, 0.15) is 11.6 Å². The number of nitrogens with one attached hydrogen (secondary N) is 3. The minimum absolute atomic E-state index is 0. The van der Waals surface area contributed by atoms with E-state index in [2.05, 4.69) is 43.6 Å². The predicted molar refractivity (Wildman–Crippen MR) is 148 cm³/mol. The molecule has 35 heavy (non-hydrogen) atoms. The van der Waals surface area contributed by atoms with Crippen molar-refractivity contribution in [2.45, 2.75) is 102 Å². The second-order valence-corrected chi connectivity index (χ2v) is 9.28. The van der Waals surface area contributed by atoms with Crippen molar-refractivity contribution in [3.8, 4) is 0 Å². The van der Waals surface area contributed by atoms with Gasteiger partial charge in [0.2, 0.25) is 5.91 Å². The monoisotopic (exact) mass is 505 g/mol. The van der Waals surface area contributed by atoms with Crippen LogP contribution in [0.1, 0.15) is 89.5 Å². The van der Waals surface area contributed by atoms with E-state index < -0.39 is 0 Å². The topological polar surface area (TPSA) is 106 Å². The van der Waals surface area contributed by atoms with Crippen molar-refractivity contribution in [1.29, 1.82) is 0 Å². The van der Waals surface area contributed by atoms with Gasteiger partial charge in [0, 0.05) is 62.8 Å². The third-order valence-electron chi connectivity index (χ3n) is 4.55. The number of Topliss-reactive ketones (excluding diaryl/α,β-unsaturated/α-hetero) is 2. The van der Waals surface area contributed by atoms with E-state index >= 15 is 0 Å². The lowest BCUT2D eigenvalue weighted by Crippen LogP contribution is -2.28. The van der Waals surface area contributed by atoms with E-state index in [1.54, 1.807) is 0 Å². The van der Waals surface area contributed by atoms with Crippen molar-refractivity contribution in [3.05, 3.63) is 0 Å². The highest BCUT2D eigenvalue weighted by molar-refractivity contribution is 5.85. The number of rotatable bonds is 19. The zero-order valence-corrected chi connectivity index (χ0v) is 22.4. The van der Waals surface area contributed by atoms with Crippen molar-refractivity contribution in [2.75, 3.05) is 46.1 Å². The molecule has 0 aliphatic heterocycles. The second-order valence-electron chi connectivity index (χ2n) is 9.28. The standard InChI is InChI=1S/C16H32N2O4.C9H19NO.2CH4/c1-13(2)15(19)5-6-16(20)18-8-10-22-12-11-21-9-7-17-14(3)4;1-7(2)9(11)5-6-10-8(3)4;;/h13-14,17H,5-12H2,1-4H3,(H,18,20);7-8,10H,5-6H2,1-4H3;2*1H4. The molecule has 0 rings (SSSR count). The van der Waals surface area contributed by atoms with Crippen molar-refractivity contribution in [2.24, 2.45) is 11.8 Å². The van der Waals surface area contributed by atoms with Gasteiger partial charge in [0.25, 0.3) is 0 Å². The van der Waals surface area contributed by atoms with E-state index in [0.29, 0.717) is 63.7 Å². The fraction of sp³-hybridized carbons (Fsp3) is 0.889. The average Bonchev–Trinajstić information content (AvgIpc) is 2.72. The first kappa shape index (κ1) is 40.8. The summed E-state index contributed by atoms with van der Waals surface area (Å²) in [7, 11) is 0. The van der Waals surface area contributed by atoms with E-state index in [1.807, 2.05) is 27.7 Å². The number of ketones is 2. The smallest absolute Gasteiger partial charge is 0.220 e. The summed E-state index contributed by atoms with van der Waals surface area (Å²) in [5, 5.41) is 9.20. The first-order valence-electron chi connectivity index (χ1n) is 12.4. The van der Waals surface area contributed by atoms with Gasteiger partial charge < -0.3 is 25.4 Å². The Morgan fingerprint density at radius 2 is 1.00 bits per heavy atom. The predicted octanol–water partition coefficient (Wildman–Crippen LogP) is 4.01. The van der Waals surface area contributed by atoms with E-state index in [9.17, 15) is 14.4 Å². The zero-order valence-electron chi connectivity index (χ0n) is 22.4. The molecule has 0 heterocycles. The van der Waals surface area contributed by atoms with Gasteiger partial charge in [-0.25, -0.2) is 0 Å². The molecule has 0 saturated carbocycles. The van der Waals surface area contributed by atoms with Crippen LogP contribution in [0.15, 0.2) is 0 Å². The summed E-state index contributed by atoms with van der Waals surface area (Å²) in [6.45, 7) is 20.2. The molecular weight excluding hydrogens is 446 g/mol. The zero-order chi connectivity index (χ0) is 25.6. The lowest BCUT2D eigenvalue weighted by atomic mass is 10.0. The van der Waals surface area contributed by atoms with E-state index in [1.165, 1.54) is 0 Å². The van der Waals surface area contributed by atoms with Crippen LogP contribution in [-0.4, -0.2) is 75.6 Å². The van der Waals surface area contributed by atoms with Gasteiger partial charge in [0.05, 0.1) is 26.4 Å². The van der Waals surface area contributed by atoms with Crippen LogP contribution >= 0.6 is 0 Å². The molecule has 0 aromatic carbocycles. The molecule has 1 amide bonds. The van der Waals surface area contributed by atoms with E-state index in [4.69, 9.17) is 9.47 Å². The molecule has 0 saturated heterocycles. The van der Waals surface area contributed by atoms with Crippen molar-refractivity contribution >= 4 is 17.5 Å². The average molecular weight is 506 g/mol. The van der Waals surface area contributed by atoms with Gasteiger partial charge >= 0.3 is 0 Å². The summed E-state index contributed by atoms with van der Waals surface area (Å²) < 4.78 is 10.7. The number of carbonyl (C=O) groups excluding carboxylic acids is 3. The number of ether oxygens (including phenoxy) is 2. The number of amides is 1. The van der Waals surface area contributed by atoms with Crippen LogP contribution in [0.3, 0.4) is 0 Å². The molecule has 0 fully saturated rings. The van der Waals surface area contributed by atoms with Crippen LogP contribution in [0.4, 0.5) is 0 Å². The Morgan fingerprint density at radius 1 is 0.571 bits per heavy atom. The molecule has 3 N–H and O–H groups in total. The Morgan fingerprint density at radius 3 is 1.46 bits per heavy atom. The Balaban J connectivity index is -0.000000315. The maximum atomic E-state index is 11.5. The highest BCUT2D eigenvalue weighted by atomic mass is 16.5. The molecular formula is C27H59N3O5. The summed E-state index contributed by atoms with van der Waals surface area (Å²) in [5.41, 5.74) is 0. The second kappa shape index (κ2) is 27.2. The van der Waals surface area contributed by atoms with Crippen LogP contribution in [0.5, 0.6) is 0 Å². The van der Waals surface area contributed by atoms with Gasteiger partial charge in [-0.3, -0.25) is 14.4 Å². The van der Waals surface area contributed by atoms with Crippen LogP contribution < -0.4 is 16.0 Å². The van der Waals surface area contributed by atoms with Gasteiger partial charge in [-0.2, -0.15) is 0 Å². The molecule has 212 valence electrons. The minimum atomic E-state index is -0.103. The summed E-state index contributed by atoms with van der Waals surface area (Å²) in [6.07, 6.45) is 1.22. The molecule has 0 aromatic heterocycles. The normalized spacial score (nSPS) is 10.5. The van der Waals surface area contributed by atoms with Crippen molar-refractivity contribution in [1.82, 2.24) is 16.0 Å². The summed E-state index contributed by atoms with van der Waals surface area (Å²) in [6, 6.07) is 0.953. The van der Waals surface area contributed by atoms with Crippen LogP contribution in [0, 0.1) is 11.8 Å². The SMILES string of the molecule is C.C.CC(C)NCCC(=O)C(C)C.CC(C)NCCOCCOCCNC(=O)CCC(=O)C(C)C. The molecule has 0 spiro atoms. The molecule has 0 aliphatic carbocycles. The molecule has 0 bridgehead atoms. The Bertz CT molecular complexity index is 509. The molecule has 8 nitrogen and oxygen atoms in total. The lowest BCUT2D eigenvalue weighted by Gasteiger charge is -2.09. The minimum Gasteiger partial charge on any atom is -0.378 e. The molecule has 0 atom stereocenters. The van der Waals surface area contributed by atoms with Gasteiger partial charge in [-0.1, -0.05) is 70.2 Å².